The zero-order chi connectivity index (χ0) is 13.8. The first-order chi connectivity index (χ1) is 8.93. The van der Waals surface area contributed by atoms with Gasteiger partial charge in [-0.15, -0.1) is 0 Å². The van der Waals surface area contributed by atoms with E-state index < -0.39 is 23.8 Å². The van der Waals surface area contributed by atoms with E-state index >= 15 is 0 Å². The van der Waals surface area contributed by atoms with Gasteiger partial charge in [-0.1, -0.05) is 0 Å². The van der Waals surface area contributed by atoms with Crippen molar-refractivity contribution in [2.45, 2.75) is 44.1 Å². The third-order valence-corrected chi connectivity index (χ3v) is 5.36. The summed E-state index contributed by atoms with van der Waals surface area (Å²) in [6.07, 6.45) is 1.34. The highest BCUT2D eigenvalue weighted by Gasteiger charge is 2.61. The van der Waals surface area contributed by atoms with E-state index in [2.05, 4.69) is 5.32 Å². The van der Waals surface area contributed by atoms with E-state index in [4.69, 9.17) is 5.73 Å². The summed E-state index contributed by atoms with van der Waals surface area (Å²) in [6, 6.07) is 0. The summed E-state index contributed by atoms with van der Waals surface area (Å²) >= 11 is 0. The molecule has 4 bridgehead atoms. The predicted octanol–water partition coefficient (Wildman–Crippen LogP) is 1.05. The molecule has 106 valence electrons. The number of hydrogen-bond donors (Lipinski definition) is 2. The molecule has 2 amide bonds. The van der Waals surface area contributed by atoms with Crippen molar-refractivity contribution >= 4 is 11.8 Å². The number of nitrogens with one attached hydrogen (secondary N) is 1. The summed E-state index contributed by atoms with van der Waals surface area (Å²) in [6.45, 7) is 0. The lowest BCUT2D eigenvalue weighted by Gasteiger charge is -2.59. The molecule has 4 aliphatic carbocycles. The fourth-order valence-electron chi connectivity index (χ4n) is 4.85. The minimum absolute atomic E-state index is 0.0658. The van der Waals surface area contributed by atoms with Gasteiger partial charge in [0.2, 0.25) is 5.91 Å². The monoisotopic (exact) mass is 272 g/mol. The smallest absolute Gasteiger partial charge is 0.315 e. The maximum Gasteiger partial charge on any atom is 0.315 e. The van der Waals surface area contributed by atoms with Gasteiger partial charge in [-0.25, -0.2) is 0 Å². The second-order valence-corrected chi connectivity index (χ2v) is 6.33. The van der Waals surface area contributed by atoms with Crippen LogP contribution in [-0.4, -0.2) is 23.8 Å². The summed E-state index contributed by atoms with van der Waals surface area (Å²) in [5, 5.41) is 2.31. The Kier molecular flexibility index (Phi) is 2.80. The number of amides is 2. The van der Waals surface area contributed by atoms with Crippen molar-refractivity contribution in [2.75, 3.05) is 0 Å². The topological polar surface area (TPSA) is 72.2 Å². The van der Waals surface area contributed by atoms with E-state index in [0.29, 0.717) is 11.8 Å². The molecule has 0 aromatic heterocycles. The van der Waals surface area contributed by atoms with Gasteiger partial charge in [-0.05, 0) is 55.8 Å². The van der Waals surface area contributed by atoms with E-state index in [-0.39, 0.29) is 11.8 Å². The Morgan fingerprint density at radius 2 is 1.53 bits per heavy atom. The number of alkyl halides is 2. The molecule has 0 spiro atoms. The first kappa shape index (κ1) is 12.8. The van der Waals surface area contributed by atoms with Gasteiger partial charge in [0, 0.05) is 0 Å². The van der Waals surface area contributed by atoms with Gasteiger partial charge < -0.3 is 11.1 Å². The van der Waals surface area contributed by atoms with Crippen LogP contribution in [0.1, 0.15) is 32.1 Å². The highest BCUT2D eigenvalue weighted by molar-refractivity contribution is 5.92. The highest BCUT2D eigenvalue weighted by Crippen LogP contribution is 2.58. The van der Waals surface area contributed by atoms with Crippen molar-refractivity contribution in [1.29, 1.82) is 0 Å². The van der Waals surface area contributed by atoms with Crippen molar-refractivity contribution in [3.8, 4) is 0 Å². The summed E-state index contributed by atoms with van der Waals surface area (Å²) in [7, 11) is 0. The summed E-state index contributed by atoms with van der Waals surface area (Å²) in [5.41, 5.74) is 4.27. The van der Waals surface area contributed by atoms with Gasteiger partial charge in [0.1, 0.15) is 5.54 Å². The van der Waals surface area contributed by atoms with Crippen molar-refractivity contribution < 1.29 is 18.4 Å². The van der Waals surface area contributed by atoms with E-state index in [0.717, 1.165) is 25.7 Å². The van der Waals surface area contributed by atoms with Crippen LogP contribution in [0.15, 0.2) is 0 Å². The standard InChI is InChI=1S/C13H18F2N2O2/c14-10(15)11(18)17-13(12(16)19)8-2-6-1-7(4-8)5-9(13)3-6/h6-10H,1-5H2,(H2,16,19)(H,17,18). The Hall–Kier alpha value is -1.20. The molecule has 0 radical (unpaired) electrons. The van der Waals surface area contributed by atoms with Gasteiger partial charge in [0.15, 0.2) is 0 Å². The zero-order valence-electron chi connectivity index (χ0n) is 10.6. The molecule has 0 unspecified atom stereocenters. The van der Waals surface area contributed by atoms with Crippen molar-refractivity contribution in [3.05, 3.63) is 0 Å². The molecule has 3 N–H and O–H groups in total. The second kappa shape index (κ2) is 4.15. The van der Waals surface area contributed by atoms with Gasteiger partial charge in [0.25, 0.3) is 5.91 Å². The molecule has 19 heavy (non-hydrogen) atoms. The van der Waals surface area contributed by atoms with Gasteiger partial charge in [-0.3, -0.25) is 9.59 Å². The summed E-state index contributed by atoms with van der Waals surface area (Å²) in [4.78, 5) is 23.3. The first-order valence-electron chi connectivity index (χ1n) is 6.83. The number of carbonyl (C=O) groups excluding carboxylic acids is 2. The van der Waals surface area contributed by atoms with Gasteiger partial charge in [0.05, 0.1) is 0 Å². The van der Waals surface area contributed by atoms with Crippen molar-refractivity contribution in [1.82, 2.24) is 5.32 Å². The molecule has 0 saturated heterocycles. The largest absolute Gasteiger partial charge is 0.368 e. The average Bonchev–Trinajstić information content (AvgIpc) is 2.32. The molecular formula is C13H18F2N2O2. The van der Waals surface area contributed by atoms with Crippen LogP contribution in [0.3, 0.4) is 0 Å². The molecule has 4 rings (SSSR count). The Morgan fingerprint density at radius 1 is 1.05 bits per heavy atom. The van der Waals surface area contributed by atoms with Crippen LogP contribution in [0.5, 0.6) is 0 Å². The second-order valence-electron chi connectivity index (χ2n) is 6.33. The third-order valence-electron chi connectivity index (χ3n) is 5.36. The summed E-state index contributed by atoms with van der Waals surface area (Å²) in [5.74, 6) is -1.01. The normalized spacial score (nSPS) is 43.5. The molecule has 0 aromatic carbocycles. The van der Waals surface area contributed by atoms with E-state index in [9.17, 15) is 18.4 Å². The quantitative estimate of drug-likeness (QED) is 0.806. The van der Waals surface area contributed by atoms with Crippen molar-refractivity contribution in [3.63, 3.8) is 0 Å². The molecule has 4 saturated carbocycles. The fraction of sp³-hybridized carbons (Fsp3) is 0.846. The van der Waals surface area contributed by atoms with Gasteiger partial charge in [-0.2, -0.15) is 8.78 Å². The molecule has 0 aromatic rings. The summed E-state index contributed by atoms with van der Waals surface area (Å²) < 4.78 is 25.0. The van der Waals surface area contributed by atoms with Crippen LogP contribution in [0.4, 0.5) is 8.78 Å². The molecule has 4 aliphatic rings. The Bertz CT molecular complexity index is 397. The number of halogens is 2. The molecule has 4 fully saturated rings. The Labute approximate surface area is 110 Å². The van der Waals surface area contributed by atoms with Crippen LogP contribution >= 0.6 is 0 Å². The Balaban J connectivity index is 1.92. The number of rotatable bonds is 3. The maximum absolute atomic E-state index is 12.5. The van der Waals surface area contributed by atoms with Gasteiger partial charge >= 0.3 is 6.43 Å². The number of hydrogen-bond acceptors (Lipinski definition) is 2. The third kappa shape index (κ3) is 1.75. The highest BCUT2D eigenvalue weighted by atomic mass is 19.3. The lowest BCUT2D eigenvalue weighted by Crippen LogP contribution is -2.72. The number of primary amides is 1. The predicted molar refractivity (Wildman–Crippen MR) is 63.1 cm³/mol. The van der Waals surface area contributed by atoms with Crippen LogP contribution in [0.25, 0.3) is 0 Å². The molecule has 0 atom stereocenters. The van der Waals surface area contributed by atoms with Crippen LogP contribution in [0.2, 0.25) is 0 Å². The SMILES string of the molecule is NC(=O)C1(NC(=O)C(F)F)C2CC3CC(C2)CC1C3. The van der Waals surface area contributed by atoms with Crippen LogP contribution in [-0.2, 0) is 9.59 Å². The lowest BCUT2D eigenvalue weighted by molar-refractivity contribution is -0.154. The molecule has 0 heterocycles. The number of nitrogens with two attached hydrogens (primary N) is 1. The molecule has 6 heteroatoms. The van der Waals surface area contributed by atoms with Crippen molar-refractivity contribution in [2.24, 2.45) is 29.4 Å². The first-order valence-corrected chi connectivity index (χ1v) is 6.83. The van der Waals surface area contributed by atoms with Crippen LogP contribution in [0, 0.1) is 23.7 Å². The van der Waals surface area contributed by atoms with E-state index in [1.54, 1.807) is 0 Å². The minimum Gasteiger partial charge on any atom is -0.368 e. The molecule has 4 nitrogen and oxygen atoms in total. The zero-order valence-corrected chi connectivity index (χ0v) is 10.6. The molecule has 0 aliphatic heterocycles. The Morgan fingerprint density at radius 3 is 1.89 bits per heavy atom. The molecular weight excluding hydrogens is 254 g/mol. The van der Waals surface area contributed by atoms with E-state index in [1.807, 2.05) is 0 Å². The minimum atomic E-state index is -3.10. The van der Waals surface area contributed by atoms with Crippen LogP contribution < -0.4 is 11.1 Å². The maximum atomic E-state index is 12.5. The lowest BCUT2D eigenvalue weighted by atomic mass is 9.48. The fourth-order valence-corrected chi connectivity index (χ4v) is 4.85. The number of carbonyl (C=O) groups is 2. The van der Waals surface area contributed by atoms with E-state index in [1.165, 1.54) is 6.42 Å². The average molecular weight is 272 g/mol.